The standard InChI is InChI=1S/C16H25NO/c1-4-5-12(2)10-16(18)14-6-7-15-13(11-14)8-9-17(15)3/h6-7,11-12,16,18H,4-5,8-10H2,1-3H3. The van der Waals surface area contributed by atoms with Crippen LogP contribution < -0.4 is 4.90 Å². The van der Waals surface area contributed by atoms with Gasteiger partial charge in [0, 0.05) is 19.3 Å². The lowest BCUT2D eigenvalue weighted by Gasteiger charge is -2.18. The van der Waals surface area contributed by atoms with E-state index in [1.54, 1.807) is 0 Å². The third kappa shape index (κ3) is 2.86. The van der Waals surface area contributed by atoms with Gasteiger partial charge in [-0.2, -0.15) is 0 Å². The molecule has 0 saturated heterocycles. The highest BCUT2D eigenvalue weighted by Crippen LogP contribution is 2.31. The fourth-order valence-electron chi connectivity index (χ4n) is 2.92. The average Bonchev–Trinajstić information content (AvgIpc) is 2.71. The largest absolute Gasteiger partial charge is 0.388 e. The highest BCUT2D eigenvalue weighted by atomic mass is 16.3. The van der Waals surface area contributed by atoms with E-state index in [9.17, 15) is 5.11 Å². The zero-order chi connectivity index (χ0) is 13.1. The SMILES string of the molecule is CCCC(C)CC(O)c1ccc2c(c1)CCN2C. The van der Waals surface area contributed by atoms with Crippen LogP contribution in [0, 0.1) is 5.92 Å². The monoisotopic (exact) mass is 247 g/mol. The number of fused-ring (bicyclic) bond motifs is 1. The fourth-order valence-corrected chi connectivity index (χ4v) is 2.92. The van der Waals surface area contributed by atoms with Crippen LogP contribution in [0.5, 0.6) is 0 Å². The van der Waals surface area contributed by atoms with Crippen molar-refractivity contribution in [2.24, 2.45) is 5.92 Å². The molecule has 18 heavy (non-hydrogen) atoms. The molecule has 0 bridgehead atoms. The van der Waals surface area contributed by atoms with Gasteiger partial charge in [0.15, 0.2) is 0 Å². The molecule has 1 N–H and O–H groups in total. The molecule has 2 rings (SSSR count). The fraction of sp³-hybridized carbons (Fsp3) is 0.625. The summed E-state index contributed by atoms with van der Waals surface area (Å²) in [4.78, 5) is 2.28. The first kappa shape index (κ1) is 13.4. The summed E-state index contributed by atoms with van der Waals surface area (Å²) < 4.78 is 0. The van der Waals surface area contributed by atoms with Crippen molar-refractivity contribution in [2.75, 3.05) is 18.5 Å². The van der Waals surface area contributed by atoms with Gasteiger partial charge in [0.25, 0.3) is 0 Å². The van der Waals surface area contributed by atoms with Gasteiger partial charge in [-0.05, 0) is 36.0 Å². The number of hydrogen-bond donors (Lipinski definition) is 1. The minimum absolute atomic E-state index is 0.303. The van der Waals surface area contributed by atoms with Crippen LogP contribution in [0.4, 0.5) is 5.69 Å². The predicted molar refractivity (Wildman–Crippen MR) is 77.1 cm³/mol. The zero-order valence-electron chi connectivity index (χ0n) is 11.8. The summed E-state index contributed by atoms with van der Waals surface area (Å²) in [6.07, 6.45) is 4.08. The van der Waals surface area contributed by atoms with E-state index < -0.39 is 0 Å². The van der Waals surface area contributed by atoms with E-state index in [4.69, 9.17) is 0 Å². The second-order valence-corrected chi connectivity index (χ2v) is 5.71. The molecule has 0 saturated carbocycles. The van der Waals surface area contributed by atoms with Gasteiger partial charge >= 0.3 is 0 Å². The molecule has 0 spiro atoms. The van der Waals surface area contributed by atoms with Crippen LogP contribution in [0.25, 0.3) is 0 Å². The van der Waals surface area contributed by atoms with Crippen molar-refractivity contribution in [3.63, 3.8) is 0 Å². The van der Waals surface area contributed by atoms with Crippen LogP contribution in [0.2, 0.25) is 0 Å². The van der Waals surface area contributed by atoms with Gasteiger partial charge in [0.05, 0.1) is 6.10 Å². The van der Waals surface area contributed by atoms with Crippen molar-refractivity contribution in [2.45, 2.75) is 45.6 Å². The molecule has 2 atom stereocenters. The molecule has 0 aliphatic carbocycles. The lowest BCUT2D eigenvalue weighted by molar-refractivity contribution is 0.145. The highest BCUT2D eigenvalue weighted by molar-refractivity contribution is 5.58. The van der Waals surface area contributed by atoms with Gasteiger partial charge in [0.2, 0.25) is 0 Å². The van der Waals surface area contributed by atoms with Gasteiger partial charge in [-0.3, -0.25) is 0 Å². The maximum absolute atomic E-state index is 10.3. The van der Waals surface area contributed by atoms with E-state index in [2.05, 4.69) is 44.0 Å². The quantitative estimate of drug-likeness (QED) is 0.860. The average molecular weight is 247 g/mol. The Hall–Kier alpha value is -1.02. The third-order valence-corrected chi connectivity index (χ3v) is 4.02. The Bertz CT molecular complexity index is 402. The summed E-state index contributed by atoms with van der Waals surface area (Å²) in [5.41, 5.74) is 3.80. The molecule has 2 nitrogen and oxygen atoms in total. The zero-order valence-corrected chi connectivity index (χ0v) is 11.8. The second-order valence-electron chi connectivity index (χ2n) is 5.71. The van der Waals surface area contributed by atoms with E-state index in [1.165, 1.54) is 24.1 Å². The van der Waals surface area contributed by atoms with Gasteiger partial charge in [0.1, 0.15) is 0 Å². The molecule has 0 aromatic heterocycles. The van der Waals surface area contributed by atoms with Crippen LogP contribution >= 0.6 is 0 Å². The Kier molecular flexibility index (Phi) is 4.28. The third-order valence-electron chi connectivity index (χ3n) is 4.02. The topological polar surface area (TPSA) is 23.5 Å². The summed E-state index contributed by atoms with van der Waals surface area (Å²) in [5, 5.41) is 10.3. The predicted octanol–water partition coefficient (Wildman–Crippen LogP) is 3.54. The van der Waals surface area contributed by atoms with Gasteiger partial charge < -0.3 is 10.0 Å². The lowest BCUT2D eigenvalue weighted by atomic mass is 9.94. The molecular weight excluding hydrogens is 222 g/mol. The molecule has 1 aliphatic rings. The molecule has 0 amide bonds. The van der Waals surface area contributed by atoms with Crippen LogP contribution in [0.3, 0.4) is 0 Å². The van der Waals surface area contributed by atoms with Gasteiger partial charge in [-0.1, -0.05) is 38.8 Å². The maximum Gasteiger partial charge on any atom is 0.0792 e. The van der Waals surface area contributed by atoms with Crippen molar-refractivity contribution in [3.05, 3.63) is 29.3 Å². The van der Waals surface area contributed by atoms with Crippen molar-refractivity contribution < 1.29 is 5.11 Å². The summed E-state index contributed by atoms with van der Waals surface area (Å²) in [6.45, 7) is 5.53. The number of likely N-dealkylation sites (N-methyl/N-ethyl adjacent to an activating group) is 1. The van der Waals surface area contributed by atoms with E-state index in [0.29, 0.717) is 5.92 Å². The molecule has 1 heterocycles. The molecule has 100 valence electrons. The Morgan fingerprint density at radius 3 is 2.89 bits per heavy atom. The second kappa shape index (κ2) is 5.75. The Morgan fingerprint density at radius 2 is 2.17 bits per heavy atom. The molecular formula is C16H25NO. The van der Waals surface area contributed by atoms with Crippen molar-refractivity contribution >= 4 is 5.69 Å². The molecule has 2 unspecified atom stereocenters. The minimum atomic E-state index is -0.303. The molecule has 0 fully saturated rings. The van der Waals surface area contributed by atoms with Gasteiger partial charge in [-0.25, -0.2) is 0 Å². The Labute approximate surface area is 111 Å². The number of rotatable bonds is 5. The summed E-state index contributed by atoms with van der Waals surface area (Å²) in [6, 6.07) is 6.44. The number of benzene rings is 1. The first-order chi connectivity index (χ1) is 8.61. The van der Waals surface area contributed by atoms with Crippen LogP contribution in [-0.4, -0.2) is 18.7 Å². The normalized spacial score (nSPS) is 17.7. The summed E-state index contributed by atoms with van der Waals surface area (Å²) >= 11 is 0. The number of nitrogens with zero attached hydrogens (tertiary/aromatic N) is 1. The Balaban J connectivity index is 2.05. The number of hydrogen-bond acceptors (Lipinski definition) is 2. The van der Waals surface area contributed by atoms with Crippen LogP contribution in [0.15, 0.2) is 18.2 Å². The van der Waals surface area contributed by atoms with Crippen molar-refractivity contribution in [3.8, 4) is 0 Å². The number of aliphatic hydroxyl groups is 1. The van der Waals surface area contributed by atoms with Crippen LogP contribution in [0.1, 0.15) is 50.3 Å². The maximum atomic E-state index is 10.3. The first-order valence-electron chi connectivity index (χ1n) is 7.13. The van der Waals surface area contributed by atoms with Gasteiger partial charge in [-0.15, -0.1) is 0 Å². The van der Waals surface area contributed by atoms with E-state index in [1.807, 2.05) is 0 Å². The lowest BCUT2D eigenvalue weighted by Crippen LogP contribution is -2.12. The number of anilines is 1. The van der Waals surface area contributed by atoms with Crippen LogP contribution in [-0.2, 0) is 6.42 Å². The van der Waals surface area contributed by atoms with E-state index in [0.717, 1.165) is 24.9 Å². The van der Waals surface area contributed by atoms with E-state index >= 15 is 0 Å². The molecule has 1 aromatic rings. The molecule has 0 radical (unpaired) electrons. The smallest absolute Gasteiger partial charge is 0.0792 e. The minimum Gasteiger partial charge on any atom is -0.388 e. The Morgan fingerprint density at radius 1 is 1.39 bits per heavy atom. The summed E-state index contributed by atoms with van der Waals surface area (Å²) in [7, 11) is 2.13. The summed E-state index contributed by atoms with van der Waals surface area (Å²) in [5.74, 6) is 0.598. The molecule has 1 aliphatic heterocycles. The highest BCUT2D eigenvalue weighted by Gasteiger charge is 2.18. The molecule has 2 heteroatoms. The number of aliphatic hydroxyl groups excluding tert-OH is 1. The van der Waals surface area contributed by atoms with Crippen molar-refractivity contribution in [1.29, 1.82) is 0 Å². The van der Waals surface area contributed by atoms with E-state index in [-0.39, 0.29) is 6.10 Å². The first-order valence-corrected chi connectivity index (χ1v) is 7.13. The van der Waals surface area contributed by atoms with Crippen molar-refractivity contribution in [1.82, 2.24) is 0 Å². The molecule has 1 aromatic carbocycles.